The van der Waals surface area contributed by atoms with E-state index in [1.165, 1.54) is 0 Å². The van der Waals surface area contributed by atoms with Crippen molar-refractivity contribution in [1.29, 1.82) is 0 Å². The minimum atomic E-state index is 0.607. The quantitative estimate of drug-likeness (QED) is 0.682. The second-order valence-corrected chi connectivity index (χ2v) is 4.15. The zero-order chi connectivity index (χ0) is 11.0. The average molecular weight is 274 g/mol. The fourth-order valence-electron chi connectivity index (χ4n) is 1.72. The molecule has 0 aliphatic carbocycles. The van der Waals surface area contributed by atoms with Crippen LogP contribution in [0, 0.1) is 0 Å². The van der Waals surface area contributed by atoms with Gasteiger partial charge in [0.2, 0.25) is 4.73 Å². The highest BCUT2D eigenvalue weighted by Gasteiger charge is 2.07. The first-order valence-corrected chi connectivity index (χ1v) is 5.70. The van der Waals surface area contributed by atoms with Gasteiger partial charge in [-0.2, -0.15) is 0 Å². The topological polar surface area (TPSA) is 30.2 Å². The molecule has 0 spiro atoms. The van der Waals surface area contributed by atoms with Crippen LogP contribution in [-0.4, -0.2) is 14.6 Å². The number of nitrogens with zero attached hydrogens (tertiary/aromatic N) is 3. The molecule has 0 bridgehead atoms. The van der Waals surface area contributed by atoms with E-state index >= 15 is 0 Å². The lowest BCUT2D eigenvalue weighted by Gasteiger charge is -2.01. The van der Waals surface area contributed by atoms with Crippen molar-refractivity contribution < 1.29 is 0 Å². The Kier molecular flexibility index (Phi) is 2.22. The third-order valence-corrected chi connectivity index (χ3v) is 2.76. The van der Waals surface area contributed by atoms with E-state index in [0.717, 1.165) is 16.8 Å². The molecule has 0 N–H and O–H groups in total. The summed E-state index contributed by atoms with van der Waals surface area (Å²) in [7, 11) is 0. The van der Waals surface area contributed by atoms with Crippen LogP contribution in [0.5, 0.6) is 0 Å². The van der Waals surface area contributed by atoms with Crippen LogP contribution in [0.25, 0.3) is 16.8 Å². The van der Waals surface area contributed by atoms with Crippen molar-refractivity contribution in [3.63, 3.8) is 0 Å². The van der Waals surface area contributed by atoms with Crippen molar-refractivity contribution in [3.05, 3.63) is 53.4 Å². The molecule has 16 heavy (non-hydrogen) atoms. The maximum atomic E-state index is 4.36. The standard InChI is InChI=1S/C12H8BrN3/c13-12-14-11-10(7-4-8-16(11)15-12)9-5-2-1-3-6-9/h1-8H. The van der Waals surface area contributed by atoms with Crippen LogP contribution >= 0.6 is 15.9 Å². The molecule has 1 aromatic carbocycles. The lowest BCUT2D eigenvalue weighted by Crippen LogP contribution is -1.88. The number of hydrogen-bond donors (Lipinski definition) is 0. The molecular weight excluding hydrogens is 266 g/mol. The molecule has 2 aromatic heterocycles. The number of benzene rings is 1. The largest absolute Gasteiger partial charge is 0.219 e. The van der Waals surface area contributed by atoms with Gasteiger partial charge in [-0.05, 0) is 33.6 Å². The molecular formula is C12H8BrN3. The Labute approximate surface area is 101 Å². The summed E-state index contributed by atoms with van der Waals surface area (Å²) in [4.78, 5) is 4.36. The second kappa shape index (κ2) is 3.72. The molecule has 3 nitrogen and oxygen atoms in total. The molecule has 0 fully saturated rings. The van der Waals surface area contributed by atoms with E-state index in [0.29, 0.717) is 4.73 Å². The maximum absolute atomic E-state index is 4.36. The molecule has 4 heteroatoms. The van der Waals surface area contributed by atoms with E-state index in [9.17, 15) is 0 Å². The van der Waals surface area contributed by atoms with Crippen LogP contribution in [-0.2, 0) is 0 Å². The van der Waals surface area contributed by atoms with Gasteiger partial charge in [0.25, 0.3) is 0 Å². The summed E-state index contributed by atoms with van der Waals surface area (Å²) in [6.45, 7) is 0. The Bertz CT molecular complexity index is 631. The number of pyridine rings is 1. The van der Waals surface area contributed by atoms with Gasteiger partial charge in [0.1, 0.15) is 0 Å². The average Bonchev–Trinajstić information content (AvgIpc) is 2.70. The lowest BCUT2D eigenvalue weighted by molar-refractivity contribution is 0.946. The normalized spacial score (nSPS) is 10.8. The van der Waals surface area contributed by atoms with Crippen LogP contribution in [0.4, 0.5) is 0 Å². The second-order valence-electron chi connectivity index (χ2n) is 3.44. The van der Waals surface area contributed by atoms with Crippen molar-refractivity contribution in [2.24, 2.45) is 0 Å². The summed E-state index contributed by atoms with van der Waals surface area (Å²) in [5.41, 5.74) is 3.09. The van der Waals surface area contributed by atoms with E-state index in [1.807, 2.05) is 36.5 Å². The SMILES string of the molecule is Brc1nc2c(-c3ccccc3)cccn2n1. The monoisotopic (exact) mass is 273 g/mol. The number of fused-ring (bicyclic) bond motifs is 1. The van der Waals surface area contributed by atoms with Crippen LogP contribution in [0.3, 0.4) is 0 Å². The van der Waals surface area contributed by atoms with Gasteiger partial charge in [-0.15, -0.1) is 5.10 Å². The van der Waals surface area contributed by atoms with Gasteiger partial charge in [0, 0.05) is 11.8 Å². The van der Waals surface area contributed by atoms with Crippen LogP contribution in [0.15, 0.2) is 53.4 Å². The number of aromatic nitrogens is 3. The molecule has 0 aliphatic rings. The Hall–Kier alpha value is -1.68. The molecule has 0 unspecified atom stereocenters. The summed E-state index contributed by atoms with van der Waals surface area (Å²) in [5, 5.41) is 4.22. The number of hydrogen-bond acceptors (Lipinski definition) is 2. The van der Waals surface area contributed by atoms with Crippen LogP contribution in [0.1, 0.15) is 0 Å². The van der Waals surface area contributed by atoms with E-state index in [4.69, 9.17) is 0 Å². The summed E-state index contributed by atoms with van der Waals surface area (Å²) >= 11 is 3.29. The fourth-order valence-corrected chi connectivity index (χ4v) is 2.06. The molecule has 78 valence electrons. The molecule has 3 rings (SSSR count). The molecule has 0 saturated carbocycles. The third kappa shape index (κ3) is 1.51. The van der Waals surface area contributed by atoms with Gasteiger partial charge >= 0.3 is 0 Å². The van der Waals surface area contributed by atoms with Crippen molar-refractivity contribution in [3.8, 4) is 11.1 Å². The Morgan fingerprint density at radius 1 is 1.00 bits per heavy atom. The van der Waals surface area contributed by atoms with Crippen molar-refractivity contribution in [1.82, 2.24) is 14.6 Å². The van der Waals surface area contributed by atoms with E-state index in [2.05, 4.69) is 38.1 Å². The fraction of sp³-hybridized carbons (Fsp3) is 0. The molecule has 0 atom stereocenters. The maximum Gasteiger partial charge on any atom is 0.218 e. The highest BCUT2D eigenvalue weighted by atomic mass is 79.9. The molecule has 3 aromatic rings. The van der Waals surface area contributed by atoms with Crippen LogP contribution < -0.4 is 0 Å². The number of halogens is 1. The van der Waals surface area contributed by atoms with E-state index in [-0.39, 0.29) is 0 Å². The first-order chi connectivity index (χ1) is 7.84. The highest BCUT2D eigenvalue weighted by Crippen LogP contribution is 2.23. The minimum absolute atomic E-state index is 0.607. The van der Waals surface area contributed by atoms with Crippen molar-refractivity contribution in [2.45, 2.75) is 0 Å². The van der Waals surface area contributed by atoms with E-state index in [1.54, 1.807) is 4.52 Å². The predicted octanol–water partition coefficient (Wildman–Crippen LogP) is 3.16. The van der Waals surface area contributed by atoms with Gasteiger partial charge in [-0.3, -0.25) is 0 Å². The Morgan fingerprint density at radius 3 is 2.62 bits per heavy atom. The zero-order valence-corrected chi connectivity index (χ0v) is 9.92. The summed E-state index contributed by atoms with van der Waals surface area (Å²) in [6.07, 6.45) is 1.89. The van der Waals surface area contributed by atoms with Gasteiger partial charge in [0.05, 0.1) is 0 Å². The highest BCUT2D eigenvalue weighted by molar-refractivity contribution is 9.10. The summed E-state index contributed by atoms with van der Waals surface area (Å²) in [5.74, 6) is 0. The summed E-state index contributed by atoms with van der Waals surface area (Å²) < 4.78 is 2.38. The van der Waals surface area contributed by atoms with Gasteiger partial charge < -0.3 is 0 Å². The van der Waals surface area contributed by atoms with Crippen molar-refractivity contribution >= 4 is 21.6 Å². The van der Waals surface area contributed by atoms with Gasteiger partial charge in [-0.25, -0.2) is 9.50 Å². The molecule has 0 amide bonds. The predicted molar refractivity (Wildman–Crippen MR) is 66.1 cm³/mol. The van der Waals surface area contributed by atoms with Gasteiger partial charge in [0.15, 0.2) is 5.65 Å². The lowest BCUT2D eigenvalue weighted by atomic mass is 10.1. The molecule has 0 radical (unpaired) electrons. The first kappa shape index (κ1) is 9.54. The van der Waals surface area contributed by atoms with Crippen LogP contribution in [0.2, 0.25) is 0 Å². The van der Waals surface area contributed by atoms with Gasteiger partial charge in [-0.1, -0.05) is 30.3 Å². The number of rotatable bonds is 1. The molecule has 0 saturated heterocycles. The summed E-state index contributed by atoms with van der Waals surface area (Å²) in [6, 6.07) is 14.2. The van der Waals surface area contributed by atoms with E-state index < -0.39 is 0 Å². The molecule has 2 heterocycles. The third-order valence-electron chi connectivity index (χ3n) is 2.42. The zero-order valence-electron chi connectivity index (χ0n) is 8.34. The smallest absolute Gasteiger partial charge is 0.218 e. The first-order valence-electron chi connectivity index (χ1n) is 4.91. The Balaban J connectivity index is 2.31. The minimum Gasteiger partial charge on any atom is -0.219 e. The van der Waals surface area contributed by atoms with Crippen molar-refractivity contribution in [2.75, 3.05) is 0 Å². The molecule has 0 aliphatic heterocycles. The Morgan fingerprint density at radius 2 is 1.81 bits per heavy atom.